The Hall–Kier alpha value is -1.40. The van der Waals surface area contributed by atoms with Crippen molar-refractivity contribution >= 4 is 45.1 Å². The zero-order chi connectivity index (χ0) is 15.6. The van der Waals surface area contributed by atoms with Crippen molar-refractivity contribution in [2.45, 2.75) is 12.8 Å². The van der Waals surface area contributed by atoms with Gasteiger partial charge in [0.2, 0.25) is 5.91 Å². The molecule has 1 amide bonds. The molecule has 1 aromatic rings. The van der Waals surface area contributed by atoms with Gasteiger partial charge in [0, 0.05) is 4.47 Å². The molecule has 1 aromatic carbocycles. The van der Waals surface area contributed by atoms with Crippen LogP contribution in [-0.4, -0.2) is 17.0 Å². The number of carbonyl (C=O) groups excluding carboxylic acids is 1. The van der Waals surface area contributed by atoms with Crippen LogP contribution in [-0.2, 0) is 9.59 Å². The molecule has 2 N–H and O–H groups in total. The number of allylic oxidation sites excluding steroid dienone is 2. The summed E-state index contributed by atoms with van der Waals surface area (Å²) < 4.78 is 13.5. The molecule has 0 radical (unpaired) electrons. The molecular weight excluding hydrogens is 365 g/mol. The van der Waals surface area contributed by atoms with Gasteiger partial charge in [-0.05, 0) is 40.9 Å². The van der Waals surface area contributed by atoms with Gasteiger partial charge in [0.05, 0.1) is 22.5 Å². The van der Waals surface area contributed by atoms with E-state index in [0.717, 1.165) is 6.07 Å². The summed E-state index contributed by atoms with van der Waals surface area (Å²) in [4.78, 5) is 23.5. The first kappa shape index (κ1) is 16.0. The van der Waals surface area contributed by atoms with Crippen LogP contribution in [0.3, 0.4) is 0 Å². The average Bonchev–Trinajstić information content (AvgIpc) is 2.42. The minimum absolute atomic E-state index is 0.0495. The van der Waals surface area contributed by atoms with E-state index in [2.05, 4.69) is 21.2 Å². The number of nitrogens with one attached hydrogen (secondary N) is 1. The average molecular weight is 377 g/mol. The number of carboxylic acid groups (broad SMARTS) is 1. The van der Waals surface area contributed by atoms with Gasteiger partial charge in [-0.2, -0.15) is 0 Å². The largest absolute Gasteiger partial charge is 0.481 e. The lowest BCUT2D eigenvalue weighted by atomic mass is 9.82. The van der Waals surface area contributed by atoms with Crippen LogP contribution < -0.4 is 5.32 Å². The Bertz CT molecular complexity index is 597. The van der Waals surface area contributed by atoms with E-state index in [0.29, 0.717) is 17.3 Å². The summed E-state index contributed by atoms with van der Waals surface area (Å²) in [5.41, 5.74) is 0.238. The van der Waals surface area contributed by atoms with E-state index in [1.807, 2.05) is 0 Å². The monoisotopic (exact) mass is 375 g/mol. The highest BCUT2D eigenvalue weighted by Crippen LogP contribution is 2.34. The molecular formula is C14H12BrClFNO3. The maximum absolute atomic E-state index is 13.2. The molecule has 0 saturated carbocycles. The van der Waals surface area contributed by atoms with Crippen molar-refractivity contribution in [2.24, 2.45) is 11.8 Å². The molecule has 112 valence electrons. The molecule has 0 spiro atoms. The number of carbonyl (C=O) groups is 2. The predicted molar refractivity (Wildman–Crippen MR) is 80.7 cm³/mol. The lowest BCUT2D eigenvalue weighted by Crippen LogP contribution is -2.34. The number of benzene rings is 1. The molecule has 21 heavy (non-hydrogen) atoms. The molecule has 0 saturated heterocycles. The van der Waals surface area contributed by atoms with E-state index < -0.39 is 29.5 Å². The van der Waals surface area contributed by atoms with Crippen LogP contribution in [0.15, 0.2) is 28.8 Å². The standard InChI is InChI=1S/C14H12BrClFNO3/c15-10-5-7(17)6-11(16)12(10)18-13(19)8-3-1-2-4-9(8)14(20)21/h1-2,5-6,8-9H,3-4H2,(H,18,19)(H,20,21). The Balaban J connectivity index is 2.21. The highest BCUT2D eigenvalue weighted by Gasteiger charge is 2.34. The van der Waals surface area contributed by atoms with Crippen LogP contribution >= 0.6 is 27.5 Å². The van der Waals surface area contributed by atoms with Gasteiger partial charge in [-0.1, -0.05) is 23.8 Å². The minimum Gasteiger partial charge on any atom is -0.481 e. The number of amides is 1. The number of anilines is 1. The lowest BCUT2D eigenvalue weighted by Gasteiger charge is -2.24. The smallest absolute Gasteiger partial charge is 0.307 e. The number of hydrogen-bond acceptors (Lipinski definition) is 2. The fraction of sp³-hybridized carbons (Fsp3) is 0.286. The predicted octanol–water partition coefficient (Wildman–Crippen LogP) is 3.85. The highest BCUT2D eigenvalue weighted by molar-refractivity contribution is 9.10. The van der Waals surface area contributed by atoms with Crippen molar-refractivity contribution in [1.29, 1.82) is 0 Å². The Morgan fingerprint density at radius 1 is 1.29 bits per heavy atom. The van der Waals surface area contributed by atoms with Gasteiger partial charge in [-0.3, -0.25) is 9.59 Å². The van der Waals surface area contributed by atoms with Gasteiger partial charge in [0.25, 0.3) is 0 Å². The number of hydrogen-bond donors (Lipinski definition) is 2. The molecule has 0 heterocycles. The second kappa shape index (κ2) is 6.58. The number of halogens is 3. The first-order chi connectivity index (χ1) is 9.90. The normalized spacial score (nSPS) is 21.1. The molecule has 2 rings (SSSR count). The summed E-state index contributed by atoms with van der Waals surface area (Å²) >= 11 is 9.03. The number of carboxylic acids is 1. The fourth-order valence-electron chi connectivity index (χ4n) is 2.25. The molecule has 4 nitrogen and oxygen atoms in total. The van der Waals surface area contributed by atoms with Crippen molar-refractivity contribution in [3.8, 4) is 0 Å². The third-order valence-electron chi connectivity index (χ3n) is 3.34. The van der Waals surface area contributed by atoms with E-state index in [1.54, 1.807) is 12.2 Å². The summed E-state index contributed by atoms with van der Waals surface area (Å²) in [6, 6.07) is 2.26. The third-order valence-corrected chi connectivity index (χ3v) is 4.26. The van der Waals surface area contributed by atoms with Crippen LogP contribution in [0, 0.1) is 17.7 Å². The van der Waals surface area contributed by atoms with Crippen LogP contribution in [0.2, 0.25) is 5.02 Å². The first-order valence-corrected chi connectivity index (χ1v) is 7.40. The molecule has 2 unspecified atom stereocenters. The quantitative estimate of drug-likeness (QED) is 0.788. The number of aliphatic carboxylic acids is 1. The second-order valence-corrected chi connectivity index (χ2v) is 5.99. The van der Waals surface area contributed by atoms with Crippen LogP contribution in [0.5, 0.6) is 0 Å². The zero-order valence-electron chi connectivity index (χ0n) is 10.8. The molecule has 0 fully saturated rings. The van der Waals surface area contributed by atoms with Gasteiger partial charge in [0.1, 0.15) is 5.82 Å². The maximum Gasteiger partial charge on any atom is 0.307 e. The Morgan fingerprint density at radius 3 is 2.48 bits per heavy atom. The SMILES string of the molecule is O=C(O)C1CC=CCC1C(=O)Nc1c(Cl)cc(F)cc1Br. The second-order valence-electron chi connectivity index (χ2n) is 4.73. The lowest BCUT2D eigenvalue weighted by molar-refractivity contribution is -0.146. The Morgan fingerprint density at radius 2 is 1.90 bits per heavy atom. The molecule has 0 aromatic heterocycles. The summed E-state index contributed by atoms with van der Waals surface area (Å²) in [7, 11) is 0. The zero-order valence-corrected chi connectivity index (χ0v) is 13.1. The molecule has 0 aliphatic heterocycles. The summed E-state index contributed by atoms with van der Waals surface area (Å²) in [6.45, 7) is 0. The topological polar surface area (TPSA) is 66.4 Å². The van der Waals surface area contributed by atoms with Gasteiger partial charge in [-0.15, -0.1) is 0 Å². The summed E-state index contributed by atoms with van der Waals surface area (Å²) in [5.74, 6) is -3.44. The van der Waals surface area contributed by atoms with Crippen LogP contribution in [0.4, 0.5) is 10.1 Å². The van der Waals surface area contributed by atoms with Gasteiger partial charge in [-0.25, -0.2) is 4.39 Å². The fourth-order valence-corrected chi connectivity index (χ4v) is 3.15. The highest BCUT2D eigenvalue weighted by atomic mass is 79.9. The van der Waals surface area contributed by atoms with Crippen molar-refractivity contribution in [3.63, 3.8) is 0 Å². The van der Waals surface area contributed by atoms with E-state index in [9.17, 15) is 19.1 Å². The van der Waals surface area contributed by atoms with Crippen molar-refractivity contribution in [3.05, 3.63) is 39.6 Å². The van der Waals surface area contributed by atoms with Crippen molar-refractivity contribution in [1.82, 2.24) is 0 Å². The summed E-state index contributed by atoms with van der Waals surface area (Å²) in [5, 5.41) is 11.8. The van der Waals surface area contributed by atoms with E-state index in [-0.39, 0.29) is 10.7 Å². The van der Waals surface area contributed by atoms with E-state index >= 15 is 0 Å². The van der Waals surface area contributed by atoms with E-state index in [4.69, 9.17) is 11.6 Å². The van der Waals surface area contributed by atoms with Crippen molar-refractivity contribution in [2.75, 3.05) is 5.32 Å². The van der Waals surface area contributed by atoms with Crippen LogP contribution in [0.1, 0.15) is 12.8 Å². The molecule has 7 heteroatoms. The van der Waals surface area contributed by atoms with Crippen molar-refractivity contribution < 1.29 is 19.1 Å². The first-order valence-electron chi connectivity index (χ1n) is 6.23. The van der Waals surface area contributed by atoms with Gasteiger partial charge in [0.15, 0.2) is 0 Å². The minimum atomic E-state index is -1.01. The van der Waals surface area contributed by atoms with Gasteiger partial charge >= 0.3 is 5.97 Å². The third kappa shape index (κ3) is 3.63. The molecule has 2 atom stereocenters. The van der Waals surface area contributed by atoms with E-state index in [1.165, 1.54) is 6.07 Å². The molecule has 1 aliphatic rings. The molecule has 0 bridgehead atoms. The Kier molecular flexibility index (Phi) is 5.00. The van der Waals surface area contributed by atoms with Crippen LogP contribution in [0.25, 0.3) is 0 Å². The summed E-state index contributed by atoms with van der Waals surface area (Å²) in [6.07, 6.45) is 4.19. The Labute approximate surface area is 134 Å². The molecule has 1 aliphatic carbocycles. The maximum atomic E-state index is 13.2. The number of rotatable bonds is 3. The van der Waals surface area contributed by atoms with Gasteiger partial charge < -0.3 is 10.4 Å².